The van der Waals surface area contributed by atoms with Crippen LogP contribution in [0.4, 0.5) is 0 Å². The van der Waals surface area contributed by atoms with Gasteiger partial charge in [0.2, 0.25) is 0 Å². The lowest BCUT2D eigenvalue weighted by Gasteiger charge is -2.20. The molecule has 0 amide bonds. The SMILES string of the molecule is C/C=C\NCC(C)c1ccnc(-c2ccc(-c3c4ccccc4c(-c4ccc(C)cc4)c4ccccc34)c3ccccc23)c1. The normalized spacial score (nSPS) is 12.3. The number of hydrogen-bond donors (Lipinski definition) is 1. The van der Waals surface area contributed by atoms with Gasteiger partial charge in [0.1, 0.15) is 0 Å². The first-order valence-corrected chi connectivity index (χ1v) is 15.5. The lowest BCUT2D eigenvalue weighted by atomic mass is 9.84. The maximum Gasteiger partial charge on any atom is 0.0711 e. The van der Waals surface area contributed by atoms with Crippen molar-refractivity contribution in [3.05, 3.63) is 151 Å². The number of benzene rings is 6. The van der Waals surface area contributed by atoms with Gasteiger partial charge in [0.25, 0.3) is 0 Å². The van der Waals surface area contributed by atoms with Crippen LogP contribution in [0.5, 0.6) is 0 Å². The van der Waals surface area contributed by atoms with Gasteiger partial charge >= 0.3 is 0 Å². The Kier molecular flexibility index (Phi) is 7.42. The predicted molar refractivity (Wildman–Crippen MR) is 189 cm³/mol. The Bertz CT molecular complexity index is 2100. The number of pyridine rings is 1. The van der Waals surface area contributed by atoms with Crippen LogP contribution in [0.2, 0.25) is 0 Å². The Morgan fingerprint density at radius 3 is 1.80 bits per heavy atom. The third-order valence-electron chi connectivity index (χ3n) is 8.80. The van der Waals surface area contributed by atoms with Crippen molar-refractivity contribution < 1.29 is 0 Å². The summed E-state index contributed by atoms with van der Waals surface area (Å²) in [5.74, 6) is 0.364. The highest BCUT2D eigenvalue weighted by Crippen LogP contribution is 2.46. The van der Waals surface area contributed by atoms with Gasteiger partial charge in [0.05, 0.1) is 5.69 Å². The number of allylic oxidation sites excluding steroid dienone is 1. The molecule has 0 fully saturated rings. The summed E-state index contributed by atoms with van der Waals surface area (Å²) in [5.41, 5.74) is 9.77. The van der Waals surface area contributed by atoms with Gasteiger partial charge < -0.3 is 5.32 Å². The highest BCUT2D eigenvalue weighted by atomic mass is 14.8. The summed E-state index contributed by atoms with van der Waals surface area (Å²) in [5, 5.41) is 10.9. The van der Waals surface area contributed by atoms with Crippen molar-refractivity contribution in [2.45, 2.75) is 26.7 Å². The maximum absolute atomic E-state index is 4.86. The fourth-order valence-corrected chi connectivity index (χ4v) is 6.57. The molecular weight excluding hydrogens is 532 g/mol. The van der Waals surface area contributed by atoms with Crippen molar-refractivity contribution in [2.75, 3.05) is 6.54 Å². The second kappa shape index (κ2) is 11.8. The largest absolute Gasteiger partial charge is 0.391 e. The summed E-state index contributed by atoms with van der Waals surface area (Å²) in [6.45, 7) is 7.31. The minimum atomic E-state index is 0.364. The molecular formula is C42H36N2. The molecule has 0 saturated carbocycles. The average Bonchev–Trinajstić information content (AvgIpc) is 3.07. The number of hydrogen-bond acceptors (Lipinski definition) is 2. The second-order valence-corrected chi connectivity index (χ2v) is 11.7. The molecule has 1 atom stereocenters. The van der Waals surface area contributed by atoms with E-state index in [4.69, 9.17) is 4.98 Å². The Morgan fingerprint density at radius 2 is 1.18 bits per heavy atom. The monoisotopic (exact) mass is 568 g/mol. The van der Waals surface area contributed by atoms with Gasteiger partial charge in [-0.15, -0.1) is 0 Å². The van der Waals surface area contributed by atoms with E-state index < -0.39 is 0 Å². The van der Waals surface area contributed by atoms with Gasteiger partial charge in [-0.2, -0.15) is 0 Å². The van der Waals surface area contributed by atoms with E-state index in [1.54, 1.807) is 0 Å². The summed E-state index contributed by atoms with van der Waals surface area (Å²) in [6.07, 6.45) is 5.98. The second-order valence-electron chi connectivity index (χ2n) is 11.7. The van der Waals surface area contributed by atoms with E-state index in [1.807, 2.05) is 25.4 Å². The molecule has 2 heteroatoms. The fourth-order valence-electron chi connectivity index (χ4n) is 6.57. The van der Waals surface area contributed by atoms with Crippen molar-refractivity contribution in [1.82, 2.24) is 10.3 Å². The van der Waals surface area contributed by atoms with Crippen LogP contribution in [-0.4, -0.2) is 11.5 Å². The van der Waals surface area contributed by atoms with Gasteiger partial charge in [-0.05, 0) is 98.2 Å². The first-order valence-electron chi connectivity index (χ1n) is 15.5. The van der Waals surface area contributed by atoms with Crippen LogP contribution in [0.15, 0.2) is 140 Å². The Labute approximate surface area is 259 Å². The van der Waals surface area contributed by atoms with E-state index in [2.05, 4.69) is 140 Å². The van der Waals surface area contributed by atoms with Gasteiger partial charge in [0.15, 0.2) is 0 Å². The predicted octanol–water partition coefficient (Wildman–Crippen LogP) is 11.1. The Hall–Kier alpha value is -5.21. The van der Waals surface area contributed by atoms with Gasteiger partial charge in [-0.1, -0.05) is 128 Å². The summed E-state index contributed by atoms with van der Waals surface area (Å²) in [4.78, 5) is 4.86. The van der Waals surface area contributed by atoms with Crippen LogP contribution in [0.3, 0.4) is 0 Å². The summed E-state index contributed by atoms with van der Waals surface area (Å²) < 4.78 is 0. The van der Waals surface area contributed by atoms with E-state index in [-0.39, 0.29) is 0 Å². The van der Waals surface area contributed by atoms with Crippen molar-refractivity contribution in [3.8, 4) is 33.5 Å². The first kappa shape index (κ1) is 27.6. The van der Waals surface area contributed by atoms with E-state index in [1.165, 1.54) is 65.7 Å². The fraction of sp³-hybridized carbons (Fsp3) is 0.119. The highest BCUT2D eigenvalue weighted by molar-refractivity contribution is 6.24. The molecule has 1 N–H and O–H groups in total. The minimum Gasteiger partial charge on any atom is -0.391 e. The smallest absolute Gasteiger partial charge is 0.0711 e. The number of nitrogens with zero attached hydrogens (tertiary/aromatic N) is 1. The molecule has 1 aromatic heterocycles. The Morgan fingerprint density at radius 1 is 0.636 bits per heavy atom. The molecule has 0 radical (unpaired) electrons. The molecule has 44 heavy (non-hydrogen) atoms. The molecule has 0 spiro atoms. The molecule has 0 bridgehead atoms. The zero-order valence-electron chi connectivity index (χ0n) is 25.5. The molecule has 7 rings (SSSR count). The lowest BCUT2D eigenvalue weighted by molar-refractivity contribution is 0.700. The van der Waals surface area contributed by atoms with Crippen molar-refractivity contribution in [1.29, 1.82) is 0 Å². The van der Waals surface area contributed by atoms with Crippen molar-refractivity contribution in [3.63, 3.8) is 0 Å². The van der Waals surface area contributed by atoms with Crippen molar-refractivity contribution in [2.24, 2.45) is 0 Å². The summed E-state index contributed by atoms with van der Waals surface area (Å²) in [6, 6.07) is 44.5. The third kappa shape index (κ3) is 4.93. The highest BCUT2D eigenvalue weighted by Gasteiger charge is 2.19. The molecule has 0 aliphatic heterocycles. The quantitative estimate of drug-likeness (QED) is 0.193. The zero-order valence-corrected chi connectivity index (χ0v) is 25.5. The minimum absolute atomic E-state index is 0.364. The molecule has 0 aliphatic carbocycles. The molecule has 1 heterocycles. The van der Waals surface area contributed by atoms with E-state index in [0.29, 0.717) is 5.92 Å². The lowest BCUT2D eigenvalue weighted by Crippen LogP contribution is -2.14. The first-order chi connectivity index (χ1) is 21.6. The van der Waals surface area contributed by atoms with Crippen LogP contribution in [0.25, 0.3) is 65.8 Å². The van der Waals surface area contributed by atoms with E-state index in [0.717, 1.165) is 17.8 Å². The van der Waals surface area contributed by atoms with E-state index in [9.17, 15) is 0 Å². The molecule has 7 aromatic rings. The zero-order chi connectivity index (χ0) is 30.0. The molecule has 214 valence electrons. The number of aromatic nitrogens is 1. The summed E-state index contributed by atoms with van der Waals surface area (Å²) in [7, 11) is 0. The van der Waals surface area contributed by atoms with Crippen LogP contribution in [-0.2, 0) is 0 Å². The average molecular weight is 569 g/mol. The molecule has 6 aromatic carbocycles. The van der Waals surface area contributed by atoms with Crippen LogP contribution in [0.1, 0.15) is 30.9 Å². The standard InChI is InChI=1S/C42H36N2/c1-4-24-43-27-29(3)31-23-25-44-40(26-31)34-21-22-39(33-12-6-5-11-32(33)34)42-37-15-9-7-13-35(37)41(30-19-17-28(2)18-20-30)36-14-8-10-16-38(36)42/h4-26,29,43H,27H2,1-3H3/b24-4-. The van der Waals surface area contributed by atoms with Gasteiger partial charge in [0, 0.05) is 18.3 Å². The molecule has 2 nitrogen and oxygen atoms in total. The molecule has 0 saturated heterocycles. The maximum atomic E-state index is 4.86. The number of fused-ring (bicyclic) bond motifs is 3. The van der Waals surface area contributed by atoms with E-state index >= 15 is 0 Å². The molecule has 0 aliphatic rings. The van der Waals surface area contributed by atoms with Gasteiger partial charge in [-0.25, -0.2) is 0 Å². The van der Waals surface area contributed by atoms with Crippen molar-refractivity contribution >= 4 is 32.3 Å². The number of rotatable bonds is 7. The molecule has 1 unspecified atom stereocenters. The van der Waals surface area contributed by atoms with Crippen LogP contribution >= 0.6 is 0 Å². The Balaban J connectivity index is 1.45. The number of nitrogens with one attached hydrogen (secondary N) is 1. The van der Waals surface area contributed by atoms with Crippen LogP contribution in [0, 0.1) is 6.92 Å². The summed E-state index contributed by atoms with van der Waals surface area (Å²) >= 11 is 0. The van der Waals surface area contributed by atoms with Gasteiger partial charge in [-0.3, -0.25) is 4.98 Å². The number of aryl methyl sites for hydroxylation is 1. The third-order valence-corrected chi connectivity index (χ3v) is 8.80. The van der Waals surface area contributed by atoms with Crippen LogP contribution < -0.4 is 5.32 Å². The topological polar surface area (TPSA) is 24.9 Å².